The smallest absolute Gasteiger partial charge is 0.130 e. The average molecular weight is 228 g/mol. The van der Waals surface area contributed by atoms with Crippen LogP contribution in [0, 0.1) is 13.8 Å². The summed E-state index contributed by atoms with van der Waals surface area (Å²) in [5.41, 5.74) is 2.38. The van der Waals surface area contributed by atoms with Crippen molar-refractivity contribution in [3.05, 3.63) is 53.6 Å². The number of aryl methyl sites for hydroxylation is 2. The van der Waals surface area contributed by atoms with Crippen LogP contribution in [-0.2, 0) is 0 Å². The molecule has 2 aromatic rings. The molecule has 0 atom stereocenters. The predicted molar refractivity (Wildman–Crippen MR) is 69.0 cm³/mol. The highest BCUT2D eigenvalue weighted by atomic mass is 16.5. The van der Waals surface area contributed by atoms with E-state index < -0.39 is 0 Å². The molecule has 0 N–H and O–H groups in total. The van der Waals surface area contributed by atoms with E-state index in [0.717, 1.165) is 22.8 Å². The minimum absolute atomic E-state index is 0.817. The minimum atomic E-state index is 0.817. The lowest BCUT2D eigenvalue weighted by atomic mass is 10.1. The zero-order valence-electron chi connectivity index (χ0n) is 10.4. The summed E-state index contributed by atoms with van der Waals surface area (Å²) >= 11 is 0. The van der Waals surface area contributed by atoms with Crippen LogP contribution < -0.4 is 9.47 Å². The van der Waals surface area contributed by atoms with Gasteiger partial charge < -0.3 is 9.47 Å². The van der Waals surface area contributed by atoms with Crippen molar-refractivity contribution < 1.29 is 9.47 Å². The van der Waals surface area contributed by atoms with Crippen LogP contribution in [0.3, 0.4) is 0 Å². The number of rotatable bonds is 3. The van der Waals surface area contributed by atoms with Crippen LogP contribution in [0.25, 0.3) is 0 Å². The second-order valence-corrected chi connectivity index (χ2v) is 4.05. The Hall–Kier alpha value is -1.96. The molecule has 17 heavy (non-hydrogen) atoms. The molecule has 88 valence electrons. The van der Waals surface area contributed by atoms with E-state index in [-0.39, 0.29) is 0 Å². The van der Waals surface area contributed by atoms with Crippen molar-refractivity contribution in [1.82, 2.24) is 0 Å². The van der Waals surface area contributed by atoms with Gasteiger partial charge in [0.05, 0.1) is 7.11 Å². The molecule has 0 heterocycles. The Kier molecular flexibility index (Phi) is 3.33. The van der Waals surface area contributed by atoms with E-state index in [4.69, 9.17) is 9.47 Å². The maximum absolute atomic E-state index is 5.81. The first-order valence-corrected chi connectivity index (χ1v) is 5.58. The average Bonchev–Trinajstić information content (AvgIpc) is 2.34. The number of hydrogen-bond acceptors (Lipinski definition) is 2. The van der Waals surface area contributed by atoms with Gasteiger partial charge >= 0.3 is 0 Å². The van der Waals surface area contributed by atoms with Crippen LogP contribution >= 0.6 is 0 Å². The van der Waals surface area contributed by atoms with Gasteiger partial charge in [-0.3, -0.25) is 0 Å². The van der Waals surface area contributed by atoms with Crippen molar-refractivity contribution in [3.8, 4) is 17.2 Å². The molecule has 2 rings (SSSR count). The van der Waals surface area contributed by atoms with Crippen LogP contribution in [0.5, 0.6) is 17.2 Å². The van der Waals surface area contributed by atoms with Crippen LogP contribution in [0.15, 0.2) is 42.5 Å². The zero-order valence-corrected chi connectivity index (χ0v) is 10.4. The van der Waals surface area contributed by atoms with E-state index in [2.05, 4.69) is 13.0 Å². The standard InChI is InChI=1S/C15H16O2/c1-11-4-9-15(12(2)10-11)17-14-7-5-13(16-3)6-8-14/h4-10H,1-3H3. The summed E-state index contributed by atoms with van der Waals surface area (Å²) in [5.74, 6) is 2.54. The zero-order chi connectivity index (χ0) is 12.3. The lowest BCUT2D eigenvalue weighted by Crippen LogP contribution is -1.88. The molecule has 0 radical (unpaired) electrons. The van der Waals surface area contributed by atoms with Gasteiger partial charge in [0.2, 0.25) is 0 Å². The highest BCUT2D eigenvalue weighted by molar-refractivity contribution is 5.40. The van der Waals surface area contributed by atoms with Gasteiger partial charge in [-0.15, -0.1) is 0 Å². The largest absolute Gasteiger partial charge is 0.497 e. The molecule has 0 fully saturated rings. The number of benzene rings is 2. The lowest BCUT2D eigenvalue weighted by molar-refractivity contribution is 0.412. The Balaban J connectivity index is 2.19. The summed E-state index contributed by atoms with van der Waals surface area (Å²) in [4.78, 5) is 0. The van der Waals surface area contributed by atoms with E-state index in [0.29, 0.717) is 0 Å². The molecule has 0 bridgehead atoms. The van der Waals surface area contributed by atoms with Crippen LogP contribution in [0.4, 0.5) is 0 Å². The summed E-state index contributed by atoms with van der Waals surface area (Å²) in [6, 6.07) is 13.7. The molecule has 0 aliphatic carbocycles. The molecule has 0 saturated carbocycles. The van der Waals surface area contributed by atoms with Gasteiger partial charge in [0, 0.05) is 0 Å². The predicted octanol–water partition coefficient (Wildman–Crippen LogP) is 4.10. The van der Waals surface area contributed by atoms with Crippen molar-refractivity contribution in [2.45, 2.75) is 13.8 Å². The van der Waals surface area contributed by atoms with Crippen molar-refractivity contribution >= 4 is 0 Å². The Labute approximate surface area is 102 Å². The molecule has 0 amide bonds. The topological polar surface area (TPSA) is 18.5 Å². The molecule has 0 spiro atoms. The monoisotopic (exact) mass is 228 g/mol. The molecule has 2 heteroatoms. The molecule has 0 saturated heterocycles. The van der Waals surface area contributed by atoms with E-state index >= 15 is 0 Å². The summed E-state index contributed by atoms with van der Waals surface area (Å²) in [6.45, 7) is 4.12. The van der Waals surface area contributed by atoms with Gasteiger partial charge in [-0.2, -0.15) is 0 Å². The van der Waals surface area contributed by atoms with Crippen LogP contribution in [0.1, 0.15) is 11.1 Å². The first-order chi connectivity index (χ1) is 8.19. The first kappa shape index (κ1) is 11.5. The van der Waals surface area contributed by atoms with Crippen molar-refractivity contribution in [2.75, 3.05) is 7.11 Å². The van der Waals surface area contributed by atoms with Gasteiger partial charge in [-0.05, 0) is 49.7 Å². The van der Waals surface area contributed by atoms with Gasteiger partial charge in [0.1, 0.15) is 17.2 Å². The second-order valence-electron chi connectivity index (χ2n) is 4.05. The fourth-order valence-electron chi connectivity index (χ4n) is 1.68. The van der Waals surface area contributed by atoms with Crippen LogP contribution in [0.2, 0.25) is 0 Å². The lowest BCUT2D eigenvalue weighted by Gasteiger charge is -2.09. The highest BCUT2D eigenvalue weighted by Crippen LogP contribution is 2.26. The highest BCUT2D eigenvalue weighted by Gasteiger charge is 2.01. The van der Waals surface area contributed by atoms with Gasteiger partial charge in [-0.25, -0.2) is 0 Å². The second kappa shape index (κ2) is 4.91. The van der Waals surface area contributed by atoms with Gasteiger partial charge in [0.25, 0.3) is 0 Å². The van der Waals surface area contributed by atoms with Gasteiger partial charge in [0.15, 0.2) is 0 Å². The van der Waals surface area contributed by atoms with E-state index in [9.17, 15) is 0 Å². The first-order valence-electron chi connectivity index (χ1n) is 5.58. The Morgan fingerprint density at radius 3 is 2.06 bits per heavy atom. The van der Waals surface area contributed by atoms with E-state index in [1.807, 2.05) is 43.3 Å². The van der Waals surface area contributed by atoms with Crippen molar-refractivity contribution in [3.63, 3.8) is 0 Å². The molecule has 2 nitrogen and oxygen atoms in total. The third kappa shape index (κ3) is 2.78. The summed E-state index contributed by atoms with van der Waals surface area (Å²) < 4.78 is 10.9. The Morgan fingerprint density at radius 2 is 1.47 bits per heavy atom. The molecule has 0 unspecified atom stereocenters. The Morgan fingerprint density at radius 1 is 0.824 bits per heavy atom. The molecule has 0 aliphatic heterocycles. The molecular formula is C15H16O2. The quantitative estimate of drug-likeness (QED) is 0.787. The van der Waals surface area contributed by atoms with Crippen LogP contribution in [-0.4, -0.2) is 7.11 Å². The third-order valence-corrected chi connectivity index (χ3v) is 2.62. The van der Waals surface area contributed by atoms with Gasteiger partial charge in [-0.1, -0.05) is 17.7 Å². The molecule has 0 aromatic heterocycles. The SMILES string of the molecule is COc1ccc(Oc2ccc(C)cc2C)cc1. The van der Waals surface area contributed by atoms with E-state index in [1.54, 1.807) is 7.11 Å². The molecule has 0 aliphatic rings. The maximum atomic E-state index is 5.81. The van der Waals surface area contributed by atoms with E-state index in [1.165, 1.54) is 5.56 Å². The molecular weight excluding hydrogens is 212 g/mol. The number of hydrogen-bond donors (Lipinski definition) is 0. The number of ether oxygens (including phenoxy) is 2. The van der Waals surface area contributed by atoms with Crippen molar-refractivity contribution in [1.29, 1.82) is 0 Å². The fourth-order valence-corrected chi connectivity index (χ4v) is 1.68. The van der Waals surface area contributed by atoms with Crippen molar-refractivity contribution in [2.24, 2.45) is 0 Å². The normalized spacial score (nSPS) is 10.1. The number of methoxy groups -OCH3 is 1. The maximum Gasteiger partial charge on any atom is 0.130 e. The summed E-state index contributed by atoms with van der Waals surface area (Å²) in [5, 5.41) is 0. The summed E-state index contributed by atoms with van der Waals surface area (Å²) in [7, 11) is 1.65. The third-order valence-electron chi connectivity index (χ3n) is 2.62. The Bertz CT molecular complexity index is 501. The summed E-state index contributed by atoms with van der Waals surface area (Å²) in [6.07, 6.45) is 0. The minimum Gasteiger partial charge on any atom is -0.497 e. The molecule has 2 aromatic carbocycles. The fraction of sp³-hybridized carbons (Fsp3) is 0.200.